The molecule has 3 heteroatoms. The van der Waals surface area contributed by atoms with Gasteiger partial charge in [0.25, 0.3) is 5.91 Å². The predicted molar refractivity (Wildman–Crippen MR) is 115 cm³/mol. The average Bonchev–Trinajstić information content (AvgIpc) is 2.71. The molecule has 2 atom stereocenters. The predicted octanol–water partition coefficient (Wildman–Crippen LogP) is 5.63. The highest BCUT2D eigenvalue weighted by molar-refractivity contribution is 5.81. The van der Waals surface area contributed by atoms with E-state index >= 15 is 0 Å². The lowest BCUT2D eigenvalue weighted by atomic mass is 9.92. The minimum Gasteiger partial charge on any atom is -0.481 e. The topological polar surface area (TPSA) is 38.3 Å². The summed E-state index contributed by atoms with van der Waals surface area (Å²) >= 11 is 0. The molecule has 1 aliphatic carbocycles. The van der Waals surface area contributed by atoms with E-state index in [1.165, 1.54) is 24.0 Å². The Morgan fingerprint density at radius 2 is 1.75 bits per heavy atom. The van der Waals surface area contributed by atoms with Crippen LogP contribution in [0.3, 0.4) is 0 Å². The molecule has 0 aromatic heterocycles. The molecule has 0 spiro atoms. The molecule has 28 heavy (non-hydrogen) atoms. The van der Waals surface area contributed by atoms with E-state index in [-0.39, 0.29) is 11.9 Å². The van der Waals surface area contributed by atoms with E-state index in [9.17, 15) is 4.79 Å². The fraction of sp³-hybridized carbons (Fsp3) is 0.480. The molecule has 3 nitrogen and oxygen atoms in total. The normalized spacial score (nSPS) is 15.6. The maximum Gasteiger partial charge on any atom is 0.261 e. The first-order valence-corrected chi connectivity index (χ1v) is 10.7. The van der Waals surface area contributed by atoms with Gasteiger partial charge in [-0.15, -0.1) is 0 Å². The second-order valence-electron chi connectivity index (χ2n) is 8.25. The fourth-order valence-electron chi connectivity index (χ4n) is 3.97. The highest BCUT2D eigenvalue weighted by Gasteiger charge is 2.23. The first-order chi connectivity index (χ1) is 13.6. The van der Waals surface area contributed by atoms with Gasteiger partial charge in [0.15, 0.2) is 6.10 Å². The van der Waals surface area contributed by atoms with Gasteiger partial charge in [-0.05, 0) is 73.3 Å². The van der Waals surface area contributed by atoms with Crippen molar-refractivity contribution in [2.45, 2.75) is 71.4 Å². The Kier molecular flexibility index (Phi) is 7.13. The largest absolute Gasteiger partial charge is 0.481 e. The van der Waals surface area contributed by atoms with Crippen LogP contribution in [0.1, 0.15) is 69.2 Å². The van der Waals surface area contributed by atoms with Crippen LogP contribution < -0.4 is 10.1 Å². The second kappa shape index (κ2) is 9.77. The highest BCUT2D eigenvalue weighted by Crippen LogP contribution is 2.27. The molecule has 0 radical (unpaired) electrons. The average molecular weight is 380 g/mol. The summed E-state index contributed by atoms with van der Waals surface area (Å²) in [5.74, 6) is 1.27. The number of aryl methyl sites for hydroxylation is 2. The van der Waals surface area contributed by atoms with Crippen molar-refractivity contribution in [2.75, 3.05) is 0 Å². The minimum atomic E-state index is -0.472. The third-order valence-corrected chi connectivity index (χ3v) is 5.49. The van der Waals surface area contributed by atoms with Crippen molar-refractivity contribution in [2.24, 2.45) is 5.92 Å². The quantitative estimate of drug-likeness (QED) is 0.646. The molecule has 150 valence electrons. The van der Waals surface area contributed by atoms with Crippen LogP contribution in [0.25, 0.3) is 0 Å². The zero-order valence-corrected chi connectivity index (χ0v) is 17.4. The van der Waals surface area contributed by atoms with E-state index in [1.807, 2.05) is 31.2 Å². The first kappa shape index (κ1) is 20.4. The van der Waals surface area contributed by atoms with Crippen molar-refractivity contribution in [3.05, 3.63) is 65.2 Å². The third-order valence-electron chi connectivity index (χ3n) is 5.49. The van der Waals surface area contributed by atoms with Crippen molar-refractivity contribution in [3.8, 4) is 5.75 Å². The number of carbonyl (C=O) groups excluding carboxylic acids is 1. The lowest BCUT2D eigenvalue weighted by Gasteiger charge is -2.25. The molecule has 0 saturated carbocycles. The number of fused-ring (bicyclic) bond motifs is 1. The summed E-state index contributed by atoms with van der Waals surface area (Å²) in [6.07, 6.45) is 5.85. The second-order valence-corrected chi connectivity index (χ2v) is 8.25. The first-order valence-electron chi connectivity index (χ1n) is 10.7. The molecule has 0 saturated heterocycles. The van der Waals surface area contributed by atoms with E-state index in [0.29, 0.717) is 12.3 Å². The molecule has 1 aliphatic rings. The van der Waals surface area contributed by atoms with E-state index in [0.717, 1.165) is 30.6 Å². The van der Waals surface area contributed by atoms with Gasteiger partial charge in [0.05, 0.1) is 6.04 Å². The van der Waals surface area contributed by atoms with Gasteiger partial charge in [-0.2, -0.15) is 0 Å². The Morgan fingerprint density at radius 3 is 2.43 bits per heavy atom. The molecule has 2 aromatic rings. The van der Waals surface area contributed by atoms with Gasteiger partial charge < -0.3 is 10.1 Å². The molecule has 0 aliphatic heterocycles. The molecule has 1 N–H and O–H groups in total. The molecule has 1 amide bonds. The Labute approximate surface area is 169 Å². The summed E-state index contributed by atoms with van der Waals surface area (Å²) < 4.78 is 6.12. The zero-order chi connectivity index (χ0) is 19.9. The number of ether oxygens (including phenoxy) is 1. The maximum atomic E-state index is 13.0. The maximum absolute atomic E-state index is 13.0. The minimum absolute atomic E-state index is 0.00915. The molecule has 2 aromatic carbocycles. The molecular weight excluding hydrogens is 346 g/mol. The Balaban J connectivity index is 1.69. The van der Waals surface area contributed by atoms with Crippen LogP contribution in [0.15, 0.2) is 48.5 Å². The van der Waals surface area contributed by atoms with Gasteiger partial charge >= 0.3 is 0 Å². The molecule has 0 heterocycles. The monoisotopic (exact) mass is 379 g/mol. The smallest absolute Gasteiger partial charge is 0.261 e. The van der Waals surface area contributed by atoms with Crippen molar-refractivity contribution < 1.29 is 9.53 Å². The number of hydrogen-bond acceptors (Lipinski definition) is 2. The Bertz CT molecular complexity index is 769. The number of carbonyl (C=O) groups is 1. The summed E-state index contributed by atoms with van der Waals surface area (Å²) in [5.41, 5.74) is 3.95. The number of hydrogen-bond donors (Lipinski definition) is 1. The van der Waals surface area contributed by atoms with Crippen LogP contribution in [0.4, 0.5) is 0 Å². The van der Waals surface area contributed by atoms with E-state index in [1.54, 1.807) is 0 Å². The van der Waals surface area contributed by atoms with Crippen molar-refractivity contribution in [1.29, 1.82) is 0 Å². The van der Waals surface area contributed by atoms with Gasteiger partial charge in [0, 0.05) is 0 Å². The van der Waals surface area contributed by atoms with Gasteiger partial charge in [-0.3, -0.25) is 4.79 Å². The third kappa shape index (κ3) is 5.37. The zero-order valence-electron chi connectivity index (χ0n) is 17.4. The van der Waals surface area contributed by atoms with Gasteiger partial charge in [0.1, 0.15) is 5.75 Å². The molecule has 3 rings (SSSR count). The summed E-state index contributed by atoms with van der Waals surface area (Å²) in [5, 5.41) is 3.23. The summed E-state index contributed by atoms with van der Waals surface area (Å²) in [6, 6.07) is 16.5. The van der Waals surface area contributed by atoms with E-state index in [4.69, 9.17) is 4.74 Å². The van der Waals surface area contributed by atoms with Crippen LogP contribution >= 0.6 is 0 Å². The highest BCUT2D eigenvalue weighted by atomic mass is 16.5. The van der Waals surface area contributed by atoms with Crippen LogP contribution in [0.5, 0.6) is 5.75 Å². The van der Waals surface area contributed by atoms with Crippen LogP contribution in [-0.2, 0) is 17.6 Å². The lowest BCUT2D eigenvalue weighted by Crippen LogP contribution is -2.40. The van der Waals surface area contributed by atoms with Crippen LogP contribution in [0, 0.1) is 5.92 Å². The van der Waals surface area contributed by atoms with Crippen molar-refractivity contribution >= 4 is 5.91 Å². The SMILES string of the molecule is CC[C@@H](Oc1ccc2c(c1)CCCC2)C(=O)N[C@@H](CC(C)C)c1ccccc1. The number of amides is 1. The number of rotatable bonds is 8. The molecule has 0 fully saturated rings. The summed E-state index contributed by atoms with van der Waals surface area (Å²) in [6.45, 7) is 6.37. The van der Waals surface area contributed by atoms with E-state index in [2.05, 4.69) is 43.4 Å². The van der Waals surface area contributed by atoms with Crippen molar-refractivity contribution in [1.82, 2.24) is 5.32 Å². The number of nitrogens with one attached hydrogen (secondary N) is 1. The number of benzene rings is 2. The molecular formula is C25H33NO2. The standard InChI is InChI=1S/C25H33NO2/c1-4-24(28-22-15-14-19-10-8-9-13-21(19)17-22)25(27)26-23(16-18(2)3)20-11-6-5-7-12-20/h5-7,11-12,14-15,17-18,23-24H,4,8-10,13,16H2,1-3H3,(H,26,27)/t23-,24+/m0/s1. The van der Waals surface area contributed by atoms with Crippen molar-refractivity contribution in [3.63, 3.8) is 0 Å². The van der Waals surface area contributed by atoms with Gasteiger partial charge in [-0.1, -0.05) is 57.2 Å². The van der Waals surface area contributed by atoms with Crippen LogP contribution in [-0.4, -0.2) is 12.0 Å². The fourth-order valence-corrected chi connectivity index (χ4v) is 3.97. The van der Waals surface area contributed by atoms with Gasteiger partial charge in [0.2, 0.25) is 0 Å². The Hall–Kier alpha value is -2.29. The molecule has 0 bridgehead atoms. The van der Waals surface area contributed by atoms with E-state index < -0.39 is 6.10 Å². The molecule has 0 unspecified atom stereocenters. The van der Waals surface area contributed by atoms with Gasteiger partial charge in [-0.25, -0.2) is 0 Å². The Morgan fingerprint density at radius 1 is 1.04 bits per heavy atom. The summed E-state index contributed by atoms with van der Waals surface area (Å²) in [7, 11) is 0. The summed E-state index contributed by atoms with van der Waals surface area (Å²) in [4.78, 5) is 13.0. The lowest BCUT2D eigenvalue weighted by molar-refractivity contribution is -0.129. The van der Waals surface area contributed by atoms with Crippen LogP contribution in [0.2, 0.25) is 0 Å².